The summed E-state index contributed by atoms with van der Waals surface area (Å²) >= 11 is 6.52. The molecule has 1 aliphatic heterocycles. The largest absolute Gasteiger partial charge is 0.378 e. The second kappa shape index (κ2) is 6.40. The maximum Gasteiger partial charge on any atom is 0.280 e. The van der Waals surface area contributed by atoms with E-state index in [2.05, 4.69) is 15.0 Å². The van der Waals surface area contributed by atoms with E-state index in [-0.39, 0.29) is 5.56 Å². The molecule has 0 bridgehead atoms. The molecule has 0 atom stereocenters. The predicted octanol–water partition coefficient (Wildman–Crippen LogP) is 3.36. The number of halogens is 1. The van der Waals surface area contributed by atoms with Crippen molar-refractivity contribution in [3.8, 4) is 5.69 Å². The Hall–Kier alpha value is -2.83. The number of benzene rings is 2. The molecule has 0 saturated carbocycles. The van der Waals surface area contributed by atoms with Gasteiger partial charge >= 0.3 is 0 Å². The average molecular weight is 381 g/mol. The number of hydrogen-bond donors (Lipinski definition) is 1. The minimum Gasteiger partial charge on any atom is -0.378 e. The summed E-state index contributed by atoms with van der Waals surface area (Å²) in [5.41, 5.74) is 3.13. The van der Waals surface area contributed by atoms with Gasteiger partial charge in [0.25, 0.3) is 5.56 Å². The van der Waals surface area contributed by atoms with E-state index >= 15 is 0 Å². The molecule has 1 fully saturated rings. The molecule has 0 unspecified atom stereocenters. The van der Waals surface area contributed by atoms with Gasteiger partial charge in [-0.05, 0) is 24.3 Å². The summed E-state index contributed by atoms with van der Waals surface area (Å²) in [4.78, 5) is 19.5. The lowest BCUT2D eigenvalue weighted by Gasteiger charge is -2.29. The highest BCUT2D eigenvalue weighted by molar-refractivity contribution is 6.34. The number of rotatable bonds is 2. The number of ether oxygens (including phenoxy) is 1. The van der Waals surface area contributed by atoms with Gasteiger partial charge in [0.05, 0.1) is 46.0 Å². The molecule has 3 heterocycles. The van der Waals surface area contributed by atoms with Crippen molar-refractivity contribution in [2.45, 2.75) is 0 Å². The maximum absolute atomic E-state index is 12.9. The molecule has 1 N–H and O–H groups in total. The van der Waals surface area contributed by atoms with Crippen molar-refractivity contribution >= 4 is 39.1 Å². The Morgan fingerprint density at radius 2 is 1.85 bits per heavy atom. The van der Waals surface area contributed by atoms with Crippen LogP contribution in [0.2, 0.25) is 5.02 Å². The van der Waals surface area contributed by atoms with Crippen LogP contribution in [-0.4, -0.2) is 41.1 Å². The number of nitrogens with one attached hydrogen (secondary N) is 1. The first kappa shape index (κ1) is 16.4. The fourth-order valence-corrected chi connectivity index (χ4v) is 3.85. The molecule has 2 aromatic heterocycles. The van der Waals surface area contributed by atoms with Crippen LogP contribution in [0.3, 0.4) is 0 Å². The molecule has 5 rings (SSSR count). The molecule has 6 nitrogen and oxygen atoms in total. The number of aromatic nitrogens is 3. The molecule has 0 amide bonds. The van der Waals surface area contributed by atoms with Gasteiger partial charge in [-0.3, -0.25) is 14.9 Å². The molecule has 27 heavy (non-hydrogen) atoms. The zero-order valence-electron chi connectivity index (χ0n) is 14.5. The van der Waals surface area contributed by atoms with Crippen LogP contribution >= 0.6 is 11.6 Å². The van der Waals surface area contributed by atoms with Gasteiger partial charge < -0.3 is 9.64 Å². The van der Waals surface area contributed by atoms with E-state index in [1.807, 2.05) is 42.5 Å². The van der Waals surface area contributed by atoms with Crippen molar-refractivity contribution in [1.29, 1.82) is 0 Å². The minimum atomic E-state index is -0.117. The highest BCUT2D eigenvalue weighted by Gasteiger charge is 2.18. The Labute approximate surface area is 159 Å². The number of fused-ring (bicyclic) bond motifs is 3. The first-order chi connectivity index (χ1) is 13.2. The van der Waals surface area contributed by atoms with Crippen molar-refractivity contribution < 1.29 is 4.74 Å². The molecule has 1 saturated heterocycles. The summed E-state index contributed by atoms with van der Waals surface area (Å²) in [6.45, 7) is 2.93. The van der Waals surface area contributed by atoms with E-state index in [1.165, 1.54) is 0 Å². The topological polar surface area (TPSA) is 63.2 Å². The number of aromatic amines is 1. The van der Waals surface area contributed by atoms with E-state index in [1.54, 1.807) is 10.9 Å². The Kier molecular flexibility index (Phi) is 3.88. The molecule has 0 radical (unpaired) electrons. The number of morpholine rings is 1. The Balaban J connectivity index is 1.75. The van der Waals surface area contributed by atoms with Crippen molar-refractivity contribution in [3.05, 3.63) is 64.0 Å². The molecular formula is C20H17ClN4O2. The van der Waals surface area contributed by atoms with Crippen LogP contribution in [0.15, 0.2) is 53.5 Å². The minimum absolute atomic E-state index is 0.117. The summed E-state index contributed by atoms with van der Waals surface area (Å²) < 4.78 is 6.99. The molecule has 7 heteroatoms. The van der Waals surface area contributed by atoms with Gasteiger partial charge in [-0.2, -0.15) is 0 Å². The highest BCUT2D eigenvalue weighted by atomic mass is 35.5. The second-order valence-electron chi connectivity index (χ2n) is 6.55. The summed E-state index contributed by atoms with van der Waals surface area (Å²) in [5.74, 6) is 0. The predicted molar refractivity (Wildman–Crippen MR) is 107 cm³/mol. The Bertz CT molecular complexity index is 1190. The lowest BCUT2D eigenvalue weighted by Crippen LogP contribution is -2.36. The molecule has 2 aromatic carbocycles. The van der Waals surface area contributed by atoms with E-state index in [0.29, 0.717) is 23.6 Å². The number of H-pyrrole nitrogens is 1. The van der Waals surface area contributed by atoms with Crippen molar-refractivity contribution in [1.82, 2.24) is 14.8 Å². The zero-order valence-corrected chi connectivity index (χ0v) is 15.2. The second-order valence-corrected chi connectivity index (χ2v) is 6.96. The lowest BCUT2D eigenvalue weighted by atomic mass is 10.1. The zero-order chi connectivity index (χ0) is 18.4. The maximum atomic E-state index is 12.9. The van der Waals surface area contributed by atoms with Crippen molar-refractivity contribution in [2.24, 2.45) is 0 Å². The summed E-state index contributed by atoms with van der Waals surface area (Å²) in [5, 5.41) is 5.34. The molecule has 1 aliphatic rings. The Morgan fingerprint density at radius 3 is 2.63 bits per heavy atom. The van der Waals surface area contributed by atoms with Gasteiger partial charge in [-0.25, -0.2) is 4.68 Å². The van der Waals surface area contributed by atoms with Crippen LogP contribution in [-0.2, 0) is 4.74 Å². The van der Waals surface area contributed by atoms with Gasteiger partial charge in [0.15, 0.2) is 0 Å². The third-order valence-corrected chi connectivity index (χ3v) is 5.26. The van der Waals surface area contributed by atoms with E-state index < -0.39 is 0 Å². The van der Waals surface area contributed by atoms with Crippen LogP contribution in [0.25, 0.3) is 27.5 Å². The molecule has 136 valence electrons. The number of pyridine rings is 1. The molecule has 0 spiro atoms. The monoisotopic (exact) mass is 380 g/mol. The number of nitrogens with zero attached hydrogens (tertiary/aromatic N) is 3. The first-order valence-corrected chi connectivity index (χ1v) is 9.21. The van der Waals surface area contributed by atoms with Gasteiger partial charge in [-0.1, -0.05) is 29.8 Å². The molecule has 4 aromatic rings. The third-order valence-electron chi connectivity index (χ3n) is 4.96. The normalized spacial score (nSPS) is 14.9. The SMILES string of the molecule is O=c1c2cnc3cc(Cl)c(N4CCOCC4)cc3c2[nH]n1-c1ccccc1. The van der Waals surface area contributed by atoms with Gasteiger partial charge in [0.2, 0.25) is 0 Å². The number of hydrogen-bond acceptors (Lipinski definition) is 4. The van der Waals surface area contributed by atoms with Gasteiger partial charge in [0, 0.05) is 24.7 Å². The number of para-hydroxylation sites is 1. The average Bonchev–Trinajstić information content (AvgIpc) is 3.06. The summed E-state index contributed by atoms with van der Waals surface area (Å²) in [6, 6.07) is 13.4. The van der Waals surface area contributed by atoms with Crippen LogP contribution in [0.5, 0.6) is 0 Å². The summed E-state index contributed by atoms with van der Waals surface area (Å²) in [7, 11) is 0. The quantitative estimate of drug-likeness (QED) is 0.579. The Morgan fingerprint density at radius 1 is 1.07 bits per heavy atom. The van der Waals surface area contributed by atoms with E-state index in [0.717, 1.165) is 40.9 Å². The molecular weight excluding hydrogens is 364 g/mol. The fourth-order valence-electron chi connectivity index (χ4n) is 3.57. The van der Waals surface area contributed by atoms with E-state index in [9.17, 15) is 4.79 Å². The summed E-state index contributed by atoms with van der Waals surface area (Å²) in [6.07, 6.45) is 1.61. The van der Waals surface area contributed by atoms with Gasteiger partial charge in [-0.15, -0.1) is 0 Å². The number of anilines is 1. The lowest BCUT2D eigenvalue weighted by molar-refractivity contribution is 0.122. The van der Waals surface area contributed by atoms with E-state index in [4.69, 9.17) is 16.3 Å². The van der Waals surface area contributed by atoms with Gasteiger partial charge in [0.1, 0.15) is 0 Å². The molecule has 0 aliphatic carbocycles. The van der Waals surface area contributed by atoms with Crippen molar-refractivity contribution in [3.63, 3.8) is 0 Å². The highest BCUT2D eigenvalue weighted by Crippen LogP contribution is 2.33. The third kappa shape index (κ3) is 2.69. The van der Waals surface area contributed by atoms with Crippen molar-refractivity contribution in [2.75, 3.05) is 31.2 Å². The fraction of sp³-hybridized carbons (Fsp3) is 0.200. The van der Waals surface area contributed by atoms with Crippen LogP contribution in [0, 0.1) is 0 Å². The van der Waals surface area contributed by atoms with Crippen LogP contribution in [0.1, 0.15) is 0 Å². The first-order valence-electron chi connectivity index (χ1n) is 8.83. The standard InChI is InChI=1S/C20H17ClN4O2/c21-16-11-17-14(10-18(16)24-6-8-27-9-7-24)19-15(12-22-17)20(26)25(23-19)13-4-2-1-3-5-13/h1-5,10-12,23H,6-9H2. The van der Waals surface area contributed by atoms with Crippen LogP contribution < -0.4 is 10.5 Å². The smallest absolute Gasteiger partial charge is 0.280 e. The van der Waals surface area contributed by atoms with Crippen LogP contribution in [0.4, 0.5) is 5.69 Å².